The molecule has 9 heteroatoms. The molecule has 0 aliphatic carbocycles. The zero-order valence-corrected chi connectivity index (χ0v) is 22.0. The number of anilines is 1. The van der Waals surface area contributed by atoms with Crippen molar-refractivity contribution in [1.29, 1.82) is 0 Å². The Kier molecular flexibility index (Phi) is 9.82. The standard InChI is InChI=1S/C28H32N2O6S/c1-4-5-19-36-28(32)22-11-15-23(16-12-22)29-27(31)20-26(21-13-17-24(35-3)18-14-21)30(2)37(33,34)25-9-7-6-8-10-25/h6-18,26H,4-5,19-20H2,1-3H3,(H,29,31)/t26-/m1/s1. The van der Waals surface area contributed by atoms with Crippen LogP contribution in [-0.4, -0.2) is 45.4 Å². The Morgan fingerprint density at radius 1 is 0.946 bits per heavy atom. The molecule has 0 spiro atoms. The lowest BCUT2D eigenvalue weighted by Crippen LogP contribution is -2.33. The van der Waals surface area contributed by atoms with Crippen LogP contribution in [0.2, 0.25) is 0 Å². The Morgan fingerprint density at radius 3 is 2.19 bits per heavy atom. The number of carbonyl (C=O) groups is 2. The van der Waals surface area contributed by atoms with Crippen molar-refractivity contribution in [2.24, 2.45) is 0 Å². The average Bonchev–Trinajstić information content (AvgIpc) is 2.92. The molecule has 1 amide bonds. The number of esters is 1. The lowest BCUT2D eigenvalue weighted by molar-refractivity contribution is -0.117. The number of amides is 1. The Labute approximate surface area is 218 Å². The van der Waals surface area contributed by atoms with Crippen LogP contribution in [-0.2, 0) is 19.6 Å². The molecule has 0 radical (unpaired) electrons. The molecule has 3 rings (SSSR count). The second-order valence-corrected chi connectivity index (χ2v) is 10.4. The Balaban J connectivity index is 1.78. The molecule has 0 aliphatic heterocycles. The van der Waals surface area contributed by atoms with Crippen molar-refractivity contribution in [2.75, 3.05) is 26.1 Å². The van der Waals surface area contributed by atoms with Gasteiger partial charge in [-0.2, -0.15) is 4.31 Å². The van der Waals surface area contributed by atoms with Crippen molar-refractivity contribution in [3.8, 4) is 5.75 Å². The van der Waals surface area contributed by atoms with Crippen LogP contribution in [0.15, 0.2) is 83.8 Å². The van der Waals surface area contributed by atoms with Gasteiger partial charge in [0.1, 0.15) is 5.75 Å². The molecule has 0 fully saturated rings. The molecule has 0 aliphatic rings. The zero-order valence-electron chi connectivity index (χ0n) is 21.2. The molecule has 0 saturated carbocycles. The summed E-state index contributed by atoms with van der Waals surface area (Å²) in [7, 11) is -0.869. The molecule has 1 N–H and O–H groups in total. The number of sulfonamides is 1. The third-order valence-electron chi connectivity index (χ3n) is 5.87. The third-order valence-corrected chi connectivity index (χ3v) is 7.75. The number of hydrogen-bond acceptors (Lipinski definition) is 6. The fraction of sp³-hybridized carbons (Fsp3) is 0.286. The van der Waals surface area contributed by atoms with Crippen molar-refractivity contribution >= 4 is 27.6 Å². The number of carbonyl (C=O) groups excluding carboxylic acids is 2. The minimum absolute atomic E-state index is 0.129. The van der Waals surface area contributed by atoms with Gasteiger partial charge in [0.25, 0.3) is 0 Å². The zero-order chi connectivity index (χ0) is 26.8. The fourth-order valence-corrected chi connectivity index (χ4v) is 5.04. The maximum atomic E-state index is 13.3. The van der Waals surface area contributed by atoms with E-state index in [0.717, 1.165) is 12.8 Å². The Morgan fingerprint density at radius 2 is 1.59 bits per heavy atom. The normalized spacial score (nSPS) is 12.1. The summed E-state index contributed by atoms with van der Waals surface area (Å²) in [5.41, 5.74) is 1.51. The van der Waals surface area contributed by atoms with E-state index in [9.17, 15) is 18.0 Å². The van der Waals surface area contributed by atoms with E-state index in [1.807, 2.05) is 6.92 Å². The van der Waals surface area contributed by atoms with Gasteiger partial charge in [-0.1, -0.05) is 43.7 Å². The van der Waals surface area contributed by atoms with Gasteiger partial charge in [0.05, 0.1) is 30.2 Å². The summed E-state index contributed by atoms with van der Waals surface area (Å²) in [4.78, 5) is 25.3. The first kappa shape index (κ1) is 27.9. The molecular weight excluding hydrogens is 492 g/mol. The van der Waals surface area contributed by atoms with Gasteiger partial charge >= 0.3 is 5.97 Å². The molecule has 0 heterocycles. The quantitative estimate of drug-likeness (QED) is 0.263. The number of nitrogens with zero attached hydrogens (tertiary/aromatic N) is 1. The Bertz CT molecular complexity index is 1280. The smallest absolute Gasteiger partial charge is 0.338 e. The number of unbranched alkanes of at least 4 members (excludes halogenated alkanes) is 1. The minimum atomic E-state index is -3.87. The van der Waals surface area contributed by atoms with Crippen molar-refractivity contribution in [3.05, 3.63) is 90.0 Å². The molecule has 1 atom stereocenters. The predicted octanol–water partition coefficient (Wildman–Crippen LogP) is 5.04. The molecule has 196 valence electrons. The molecule has 3 aromatic rings. The molecule has 0 unspecified atom stereocenters. The number of benzene rings is 3. The van der Waals surface area contributed by atoms with E-state index in [-0.39, 0.29) is 17.2 Å². The van der Waals surface area contributed by atoms with E-state index in [2.05, 4.69) is 5.32 Å². The van der Waals surface area contributed by atoms with Crippen LogP contribution in [0.5, 0.6) is 5.75 Å². The third kappa shape index (κ3) is 7.41. The van der Waals surface area contributed by atoms with E-state index in [1.165, 1.54) is 23.5 Å². The fourth-order valence-electron chi connectivity index (χ4n) is 3.68. The summed E-state index contributed by atoms with van der Waals surface area (Å²) in [6.07, 6.45) is 1.59. The van der Waals surface area contributed by atoms with Crippen LogP contribution in [0, 0.1) is 0 Å². The first-order valence-corrected chi connectivity index (χ1v) is 13.4. The van der Waals surface area contributed by atoms with Crippen molar-refractivity contribution in [2.45, 2.75) is 37.1 Å². The maximum absolute atomic E-state index is 13.3. The second kappa shape index (κ2) is 13.0. The SMILES string of the molecule is CCCCOC(=O)c1ccc(NC(=O)C[C@H](c2ccc(OC)cc2)N(C)S(=O)(=O)c2ccccc2)cc1. The second-order valence-electron chi connectivity index (χ2n) is 8.44. The number of methoxy groups -OCH3 is 1. The topological polar surface area (TPSA) is 102 Å². The number of rotatable bonds is 12. The lowest BCUT2D eigenvalue weighted by Gasteiger charge is -2.28. The Hall–Kier alpha value is -3.69. The highest BCUT2D eigenvalue weighted by Crippen LogP contribution is 2.30. The molecule has 37 heavy (non-hydrogen) atoms. The van der Waals surface area contributed by atoms with Gasteiger partial charge in [-0.15, -0.1) is 0 Å². The van der Waals surface area contributed by atoms with Crippen molar-refractivity contribution in [1.82, 2.24) is 4.31 Å². The summed E-state index contributed by atoms with van der Waals surface area (Å²) < 4.78 is 38.3. The van der Waals surface area contributed by atoms with Gasteiger partial charge in [0.2, 0.25) is 15.9 Å². The predicted molar refractivity (Wildman–Crippen MR) is 142 cm³/mol. The highest BCUT2D eigenvalue weighted by molar-refractivity contribution is 7.89. The highest BCUT2D eigenvalue weighted by Gasteiger charge is 2.31. The maximum Gasteiger partial charge on any atom is 0.338 e. The number of nitrogens with one attached hydrogen (secondary N) is 1. The molecule has 0 saturated heterocycles. The van der Waals surface area contributed by atoms with Crippen molar-refractivity contribution < 1.29 is 27.5 Å². The van der Waals surface area contributed by atoms with E-state index < -0.39 is 22.0 Å². The van der Waals surface area contributed by atoms with Gasteiger partial charge in [-0.25, -0.2) is 13.2 Å². The van der Waals surface area contributed by atoms with Crippen LogP contribution < -0.4 is 10.1 Å². The van der Waals surface area contributed by atoms with Crippen LogP contribution in [0.1, 0.15) is 48.1 Å². The minimum Gasteiger partial charge on any atom is -0.497 e. The molecule has 3 aromatic carbocycles. The van der Waals surface area contributed by atoms with E-state index >= 15 is 0 Å². The number of ether oxygens (including phenoxy) is 2. The summed E-state index contributed by atoms with van der Waals surface area (Å²) in [5.74, 6) is -0.179. The lowest BCUT2D eigenvalue weighted by atomic mass is 10.0. The largest absolute Gasteiger partial charge is 0.497 e. The van der Waals surface area contributed by atoms with E-state index in [4.69, 9.17) is 9.47 Å². The van der Waals surface area contributed by atoms with Gasteiger partial charge in [-0.3, -0.25) is 4.79 Å². The highest BCUT2D eigenvalue weighted by atomic mass is 32.2. The monoisotopic (exact) mass is 524 g/mol. The summed E-state index contributed by atoms with van der Waals surface area (Å²) >= 11 is 0. The van der Waals surface area contributed by atoms with Crippen LogP contribution in [0.3, 0.4) is 0 Å². The molecule has 8 nitrogen and oxygen atoms in total. The molecular formula is C28H32N2O6S. The molecule has 0 bridgehead atoms. The summed E-state index contributed by atoms with van der Waals surface area (Å²) in [6, 6.07) is 20.6. The summed E-state index contributed by atoms with van der Waals surface area (Å²) in [6.45, 7) is 2.37. The van der Waals surface area contributed by atoms with Crippen LogP contribution in [0.4, 0.5) is 5.69 Å². The van der Waals surface area contributed by atoms with Gasteiger partial charge in [0.15, 0.2) is 0 Å². The molecule has 0 aromatic heterocycles. The van der Waals surface area contributed by atoms with E-state index in [0.29, 0.717) is 29.2 Å². The summed E-state index contributed by atoms with van der Waals surface area (Å²) in [5, 5.41) is 2.79. The first-order chi connectivity index (χ1) is 17.8. The first-order valence-electron chi connectivity index (χ1n) is 12.0. The van der Waals surface area contributed by atoms with Crippen LogP contribution in [0.25, 0.3) is 0 Å². The van der Waals surface area contributed by atoms with E-state index in [1.54, 1.807) is 73.8 Å². The number of hydrogen-bond donors (Lipinski definition) is 1. The van der Waals surface area contributed by atoms with Gasteiger partial charge < -0.3 is 14.8 Å². The average molecular weight is 525 g/mol. The van der Waals surface area contributed by atoms with Gasteiger partial charge in [-0.05, 0) is 60.5 Å². The van der Waals surface area contributed by atoms with Gasteiger partial charge in [0, 0.05) is 19.2 Å². The van der Waals surface area contributed by atoms with Crippen molar-refractivity contribution in [3.63, 3.8) is 0 Å². The van der Waals surface area contributed by atoms with Crippen LogP contribution >= 0.6 is 0 Å².